The van der Waals surface area contributed by atoms with Gasteiger partial charge in [0.15, 0.2) is 0 Å². The maximum atomic E-state index is 12.1. The number of alkyl halides is 1. The average molecular weight is 144 g/mol. The summed E-state index contributed by atoms with van der Waals surface area (Å²) in [5.41, 5.74) is 1.30. The number of hydrogen-bond donors (Lipinski definition) is 0. The molecular formula is C9H17F. The first-order valence-electron chi connectivity index (χ1n) is 3.97. The van der Waals surface area contributed by atoms with Crippen LogP contribution >= 0.6 is 0 Å². The number of hydrogen-bond acceptors (Lipinski definition) is 0. The quantitative estimate of drug-likeness (QED) is 0.531. The molecule has 0 aliphatic carbocycles. The van der Waals surface area contributed by atoms with Crippen LogP contribution in [0.3, 0.4) is 0 Å². The Bertz CT molecular complexity index is 101. The molecule has 0 aliphatic rings. The standard InChI is InChI=1S/C9H17F/c1-4-8(3)6-9(5-2)7-10/h6,9H,4-5,7H2,1-3H3/b8-6+/t9-/m1/s1. The van der Waals surface area contributed by atoms with Crippen LogP contribution in [0.5, 0.6) is 0 Å². The Morgan fingerprint density at radius 3 is 2.40 bits per heavy atom. The van der Waals surface area contributed by atoms with Crippen molar-refractivity contribution in [3.63, 3.8) is 0 Å². The van der Waals surface area contributed by atoms with Gasteiger partial charge in [0.05, 0.1) is 6.67 Å². The Morgan fingerprint density at radius 2 is 2.10 bits per heavy atom. The van der Waals surface area contributed by atoms with Crippen LogP contribution in [-0.4, -0.2) is 6.67 Å². The summed E-state index contributed by atoms with van der Waals surface area (Å²) in [6.07, 6.45) is 3.99. The molecule has 0 saturated carbocycles. The van der Waals surface area contributed by atoms with E-state index >= 15 is 0 Å². The molecule has 0 spiro atoms. The second-order valence-electron chi connectivity index (χ2n) is 2.69. The van der Waals surface area contributed by atoms with Gasteiger partial charge in [-0.2, -0.15) is 0 Å². The molecule has 0 amide bonds. The maximum Gasteiger partial charge on any atom is 0.0956 e. The minimum atomic E-state index is -0.214. The average Bonchev–Trinajstić information content (AvgIpc) is 1.99. The summed E-state index contributed by atoms with van der Waals surface area (Å²) in [4.78, 5) is 0. The van der Waals surface area contributed by atoms with Crippen molar-refractivity contribution < 1.29 is 4.39 Å². The Morgan fingerprint density at radius 1 is 1.50 bits per heavy atom. The topological polar surface area (TPSA) is 0 Å². The molecule has 0 saturated heterocycles. The molecule has 0 bridgehead atoms. The van der Waals surface area contributed by atoms with Crippen molar-refractivity contribution in [3.05, 3.63) is 11.6 Å². The van der Waals surface area contributed by atoms with Gasteiger partial charge in [0.1, 0.15) is 0 Å². The molecule has 0 rings (SSSR count). The monoisotopic (exact) mass is 144 g/mol. The van der Waals surface area contributed by atoms with E-state index in [4.69, 9.17) is 0 Å². The molecule has 0 fully saturated rings. The SMILES string of the molecule is CC/C(C)=C/[C@@H](CC)CF. The highest BCUT2D eigenvalue weighted by Crippen LogP contribution is 2.10. The second-order valence-corrected chi connectivity index (χ2v) is 2.69. The van der Waals surface area contributed by atoms with Gasteiger partial charge in [-0.25, -0.2) is 0 Å². The zero-order valence-corrected chi connectivity index (χ0v) is 7.15. The van der Waals surface area contributed by atoms with Gasteiger partial charge in [-0.1, -0.05) is 25.5 Å². The lowest BCUT2D eigenvalue weighted by Gasteiger charge is -2.04. The molecule has 1 heteroatoms. The molecule has 0 aromatic heterocycles. The van der Waals surface area contributed by atoms with E-state index in [-0.39, 0.29) is 12.6 Å². The second kappa shape index (κ2) is 5.45. The van der Waals surface area contributed by atoms with E-state index in [1.807, 2.05) is 13.0 Å². The predicted octanol–water partition coefficient (Wildman–Crippen LogP) is 3.34. The minimum absolute atomic E-state index is 0.153. The first-order valence-corrected chi connectivity index (χ1v) is 3.97. The van der Waals surface area contributed by atoms with Gasteiger partial charge in [0.2, 0.25) is 0 Å². The van der Waals surface area contributed by atoms with Gasteiger partial charge >= 0.3 is 0 Å². The predicted molar refractivity (Wildman–Crippen MR) is 43.8 cm³/mol. The van der Waals surface area contributed by atoms with Crippen LogP contribution < -0.4 is 0 Å². The summed E-state index contributed by atoms with van der Waals surface area (Å²) < 4.78 is 12.1. The molecule has 60 valence electrons. The van der Waals surface area contributed by atoms with Gasteiger partial charge in [0, 0.05) is 5.92 Å². The largest absolute Gasteiger partial charge is 0.250 e. The fourth-order valence-corrected chi connectivity index (χ4v) is 0.792. The van der Waals surface area contributed by atoms with E-state index in [0.717, 1.165) is 12.8 Å². The third kappa shape index (κ3) is 3.65. The lowest BCUT2D eigenvalue weighted by molar-refractivity contribution is 0.402. The van der Waals surface area contributed by atoms with E-state index in [9.17, 15) is 4.39 Å². The Labute approximate surface area is 63.1 Å². The zero-order chi connectivity index (χ0) is 7.98. The summed E-state index contributed by atoms with van der Waals surface area (Å²) in [5, 5.41) is 0. The van der Waals surface area contributed by atoms with Crippen LogP contribution in [0.1, 0.15) is 33.6 Å². The summed E-state index contributed by atoms with van der Waals surface area (Å²) >= 11 is 0. The van der Waals surface area contributed by atoms with Crippen molar-refractivity contribution in [3.8, 4) is 0 Å². The fraction of sp³-hybridized carbons (Fsp3) is 0.778. The smallest absolute Gasteiger partial charge is 0.0956 e. The van der Waals surface area contributed by atoms with Crippen LogP contribution in [0.2, 0.25) is 0 Å². The number of halogens is 1. The van der Waals surface area contributed by atoms with Gasteiger partial charge in [-0.3, -0.25) is 4.39 Å². The molecule has 1 atom stereocenters. The third-order valence-electron chi connectivity index (χ3n) is 1.80. The molecular weight excluding hydrogens is 127 g/mol. The fourth-order valence-electron chi connectivity index (χ4n) is 0.792. The van der Waals surface area contributed by atoms with Crippen LogP contribution in [0, 0.1) is 5.92 Å². The van der Waals surface area contributed by atoms with Crippen molar-refractivity contribution in [2.45, 2.75) is 33.6 Å². The van der Waals surface area contributed by atoms with Gasteiger partial charge in [-0.05, 0) is 19.8 Å². The highest BCUT2D eigenvalue weighted by molar-refractivity contribution is 4.99. The lowest BCUT2D eigenvalue weighted by Crippen LogP contribution is -1.96. The van der Waals surface area contributed by atoms with Crippen molar-refractivity contribution in [2.75, 3.05) is 6.67 Å². The number of allylic oxidation sites excluding steroid dienone is 2. The maximum absolute atomic E-state index is 12.1. The number of rotatable bonds is 4. The summed E-state index contributed by atoms with van der Waals surface area (Å²) in [6, 6.07) is 0. The van der Waals surface area contributed by atoms with E-state index in [1.165, 1.54) is 5.57 Å². The zero-order valence-electron chi connectivity index (χ0n) is 7.15. The summed E-state index contributed by atoms with van der Waals surface area (Å²) in [6.45, 7) is 5.95. The molecule has 0 aliphatic heterocycles. The highest BCUT2D eigenvalue weighted by Gasteiger charge is 2.00. The molecule has 0 heterocycles. The van der Waals surface area contributed by atoms with Crippen LogP contribution in [0.15, 0.2) is 11.6 Å². The summed E-state index contributed by atoms with van der Waals surface area (Å²) in [7, 11) is 0. The Hall–Kier alpha value is -0.330. The van der Waals surface area contributed by atoms with E-state index in [2.05, 4.69) is 13.8 Å². The normalized spacial score (nSPS) is 15.4. The van der Waals surface area contributed by atoms with Crippen molar-refractivity contribution >= 4 is 0 Å². The van der Waals surface area contributed by atoms with Crippen LogP contribution in [0.4, 0.5) is 4.39 Å². The Kier molecular flexibility index (Phi) is 5.27. The molecule has 0 N–H and O–H groups in total. The van der Waals surface area contributed by atoms with E-state index < -0.39 is 0 Å². The molecule has 0 unspecified atom stereocenters. The van der Waals surface area contributed by atoms with Gasteiger partial charge < -0.3 is 0 Å². The Balaban J connectivity index is 3.80. The molecule has 0 aromatic rings. The van der Waals surface area contributed by atoms with Crippen LogP contribution in [0.25, 0.3) is 0 Å². The van der Waals surface area contributed by atoms with Crippen molar-refractivity contribution in [1.82, 2.24) is 0 Å². The third-order valence-corrected chi connectivity index (χ3v) is 1.80. The van der Waals surface area contributed by atoms with Crippen LogP contribution in [-0.2, 0) is 0 Å². The highest BCUT2D eigenvalue weighted by atomic mass is 19.1. The van der Waals surface area contributed by atoms with Crippen molar-refractivity contribution in [1.29, 1.82) is 0 Å². The molecule has 0 aromatic carbocycles. The first-order chi connectivity index (χ1) is 4.74. The van der Waals surface area contributed by atoms with Gasteiger partial charge in [-0.15, -0.1) is 0 Å². The molecule has 0 nitrogen and oxygen atoms in total. The van der Waals surface area contributed by atoms with E-state index in [0.29, 0.717) is 0 Å². The minimum Gasteiger partial charge on any atom is -0.250 e. The lowest BCUT2D eigenvalue weighted by atomic mass is 10.0. The molecule has 10 heavy (non-hydrogen) atoms. The van der Waals surface area contributed by atoms with E-state index in [1.54, 1.807) is 0 Å². The molecule has 0 radical (unpaired) electrons. The summed E-state index contributed by atoms with van der Waals surface area (Å²) in [5.74, 6) is 0.153. The van der Waals surface area contributed by atoms with Crippen molar-refractivity contribution in [2.24, 2.45) is 5.92 Å². The van der Waals surface area contributed by atoms with Gasteiger partial charge in [0.25, 0.3) is 0 Å². The first kappa shape index (κ1) is 9.67.